The van der Waals surface area contributed by atoms with E-state index in [9.17, 15) is 4.79 Å². The molecule has 1 aliphatic rings. The summed E-state index contributed by atoms with van der Waals surface area (Å²) >= 11 is 3.39. The minimum absolute atomic E-state index is 0.108. The largest absolute Gasteiger partial charge is 0.444 e. The number of oxazole rings is 1. The van der Waals surface area contributed by atoms with Crippen LogP contribution in [0.4, 0.5) is 5.82 Å². The summed E-state index contributed by atoms with van der Waals surface area (Å²) in [5.74, 6) is 1.10. The van der Waals surface area contributed by atoms with Crippen LogP contribution in [0.5, 0.6) is 0 Å². The summed E-state index contributed by atoms with van der Waals surface area (Å²) < 4.78 is 6.35. The summed E-state index contributed by atoms with van der Waals surface area (Å²) in [6.07, 6.45) is 8.42. The average Bonchev–Trinajstić information content (AvgIpc) is 3.24. The highest BCUT2D eigenvalue weighted by molar-refractivity contribution is 9.10. The summed E-state index contributed by atoms with van der Waals surface area (Å²) in [6.45, 7) is 3.22. The van der Waals surface area contributed by atoms with Crippen LogP contribution in [0.3, 0.4) is 0 Å². The van der Waals surface area contributed by atoms with Crippen LogP contribution < -0.4 is 5.32 Å². The lowest BCUT2D eigenvalue weighted by atomic mass is 10.0. The van der Waals surface area contributed by atoms with Crippen molar-refractivity contribution in [1.82, 2.24) is 19.9 Å². The first-order valence-corrected chi connectivity index (χ1v) is 9.93. The molecule has 1 unspecified atom stereocenters. The van der Waals surface area contributed by atoms with Gasteiger partial charge in [-0.25, -0.2) is 15.0 Å². The first-order valence-electron chi connectivity index (χ1n) is 9.14. The van der Waals surface area contributed by atoms with Crippen LogP contribution in [-0.4, -0.2) is 44.9 Å². The van der Waals surface area contributed by atoms with Gasteiger partial charge in [0.05, 0.1) is 11.8 Å². The van der Waals surface area contributed by atoms with Crippen LogP contribution in [0, 0.1) is 6.92 Å². The Morgan fingerprint density at radius 1 is 1.29 bits per heavy atom. The maximum absolute atomic E-state index is 13.2. The second kappa shape index (κ2) is 8.10. The van der Waals surface area contributed by atoms with E-state index >= 15 is 0 Å². The molecule has 3 aromatic heterocycles. The molecule has 0 aromatic carbocycles. The van der Waals surface area contributed by atoms with Gasteiger partial charge in [-0.05, 0) is 59.5 Å². The molecule has 7 nitrogen and oxygen atoms in total. The number of hydrogen-bond donors (Lipinski definition) is 1. The van der Waals surface area contributed by atoms with Crippen LogP contribution in [0.1, 0.15) is 28.9 Å². The van der Waals surface area contributed by atoms with Crippen molar-refractivity contribution >= 4 is 27.7 Å². The van der Waals surface area contributed by atoms with Gasteiger partial charge in [-0.15, -0.1) is 0 Å². The van der Waals surface area contributed by atoms with E-state index < -0.39 is 0 Å². The van der Waals surface area contributed by atoms with Crippen molar-refractivity contribution in [3.05, 3.63) is 58.8 Å². The Balaban J connectivity index is 1.53. The average molecular weight is 442 g/mol. The maximum atomic E-state index is 13.2. The third-order valence-electron chi connectivity index (χ3n) is 4.68. The molecule has 1 aliphatic heterocycles. The molecule has 1 saturated heterocycles. The molecule has 0 spiro atoms. The van der Waals surface area contributed by atoms with E-state index in [1.54, 1.807) is 18.6 Å². The second-order valence-electron chi connectivity index (χ2n) is 6.84. The fraction of sp³-hybridized carbons (Fsp3) is 0.300. The third kappa shape index (κ3) is 4.06. The zero-order valence-corrected chi connectivity index (χ0v) is 17.0. The lowest BCUT2D eigenvalue weighted by molar-refractivity contribution is 0.0709. The molecule has 4 heterocycles. The number of likely N-dealkylation sites (tertiary alicyclic amines) is 1. The lowest BCUT2D eigenvalue weighted by Gasteiger charge is -2.33. The molecular weight excluding hydrogens is 422 g/mol. The topological polar surface area (TPSA) is 84.2 Å². The van der Waals surface area contributed by atoms with Crippen molar-refractivity contribution in [3.8, 4) is 11.5 Å². The first-order chi connectivity index (χ1) is 13.6. The van der Waals surface area contributed by atoms with Crippen molar-refractivity contribution in [2.24, 2.45) is 0 Å². The quantitative estimate of drug-likeness (QED) is 0.660. The van der Waals surface area contributed by atoms with Gasteiger partial charge in [0.2, 0.25) is 5.89 Å². The molecule has 3 aromatic rings. The Hall–Kier alpha value is -2.74. The van der Waals surface area contributed by atoms with Gasteiger partial charge in [0, 0.05) is 36.0 Å². The molecular formula is C20H20BrN5O2. The van der Waals surface area contributed by atoms with Gasteiger partial charge in [0.15, 0.2) is 0 Å². The highest BCUT2D eigenvalue weighted by Crippen LogP contribution is 2.25. The second-order valence-corrected chi connectivity index (χ2v) is 7.76. The fourth-order valence-electron chi connectivity index (χ4n) is 3.36. The molecule has 1 N–H and O–H groups in total. The predicted octanol–water partition coefficient (Wildman–Crippen LogP) is 3.92. The number of piperidine rings is 1. The Labute approximate surface area is 171 Å². The number of carbonyl (C=O) groups is 1. The number of nitrogens with one attached hydrogen (secondary N) is 1. The van der Waals surface area contributed by atoms with Crippen LogP contribution in [-0.2, 0) is 0 Å². The number of anilines is 1. The summed E-state index contributed by atoms with van der Waals surface area (Å²) in [5.41, 5.74) is 1.94. The molecule has 8 heteroatoms. The Bertz CT molecular complexity index is 959. The first kappa shape index (κ1) is 18.6. The minimum Gasteiger partial charge on any atom is -0.444 e. The highest BCUT2D eigenvalue weighted by Gasteiger charge is 2.28. The zero-order chi connectivity index (χ0) is 19.5. The molecule has 1 atom stereocenters. The fourth-order valence-corrected chi connectivity index (χ4v) is 3.59. The minimum atomic E-state index is -0.108. The Morgan fingerprint density at radius 2 is 2.18 bits per heavy atom. The summed E-state index contributed by atoms with van der Waals surface area (Å²) in [4.78, 5) is 28.0. The molecule has 0 saturated carbocycles. The van der Waals surface area contributed by atoms with Crippen LogP contribution in [0.15, 0.2) is 51.9 Å². The van der Waals surface area contributed by atoms with E-state index in [2.05, 4.69) is 36.2 Å². The van der Waals surface area contributed by atoms with Crippen molar-refractivity contribution in [1.29, 1.82) is 0 Å². The van der Waals surface area contributed by atoms with Crippen molar-refractivity contribution in [2.75, 3.05) is 18.4 Å². The molecule has 0 bridgehead atoms. The third-order valence-corrected chi connectivity index (χ3v) is 5.15. The number of hydrogen-bond acceptors (Lipinski definition) is 6. The number of aryl methyl sites for hydroxylation is 1. The smallest absolute Gasteiger partial charge is 0.273 e. The van der Waals surface area contributed by atoms with E-state index in [-0.39, 0.29) is 11.9 Å². The van der Waals surface area contributed by atoms with Crippen LogP contribution >= 0.6 is 15.9 Å². The molecule has 144 valence electrons. The number of aromatic nitrogens is 3. The van der Waals surface area contributed by atoms with E-state index in [0.29, 0.717) is 30.2 Å². The molecule has 1 amide bonds. The molecule has 0 radical (unpaired) electrons. The van der Waals surface area contributed by atoms with Gasteiger partial charge in [0.1, 0.15) is 17.8 Å². The van der Waals surface area contributed by atoms with Gasteiger partial charge in [0.25, 0.3) is 5.91 Å². The highest BCUT2D eigenvalue weighted by atomic mass is 79.9. The van der Waals surface area contributed by atoms with E-state index in [1.165, 1.54) is 6.26 Å². The van der Waals surface area contributed by atoms with Crippen molar-refractivity contribution < 1.29 is 9.21 Å². The van der Waals surface area contributed by atoms with E-state index in [4.69, 9.17) is 4.42 Å². The lowest BCUT2D eigenvalue weighted by Crippen LogP contribution is -2.45. The Morgan fingerprint density at radius 3 is 2.93 bits per heavy atom. The number of amides is 1. The standard InChI is InChI=1S/C20H20BrN5O2/c1-13-9-16(19-22-6-8-28-19)18(24-10-13)20(27)26-7-2-3-15(12-26)25-17-5-4-14(21)11-23-17/h4-6,8-11,15H,2-3,7,12H2,1H3,(H,23,25). The van der Waals surface area contributed by atoms with Crippen LogP contribution in [0.25, 0.3) is 11.5 Å². The number of carbonyl (C=O) groups excluding carboxylic acids is 1. The molecule has 0 aliphatic carbocycles. The molecule has 1 fully saturated rings. The summed E-state index contributed by atoms with van der Waals surface area (Å²) in [5, 5.41) is 3.42. The number of pyridine rings is 2. The van der Waals surface area contributed by atoms with Crippen molar-refractivity contribution in [2.45, 2.75) is 25.8 Å². The molecule has 4 rings (SSSR count). The summed E-state index contributed by atoms with van der Waals surface area (Å²) in [7, 11) is 0. The molecule has 28 heavy (non-hydrogen) atoms. The Kier molecular flexibility index (Phi) is 5.38. The van der Waals surface area contributed by atoms with E-state index in [1.807, 2.05) is 30.0 Å². The van der Waals surface area contributed by atoms with Gasteiger partial charge in [-0.3, -0.25) is 4.79 Å². The predicted molar refractivity (Wildman–Crippen MR) is 109 cm³/mol. The van der Waals surface area contributed by atoms with Gasteiger partial charge < -0.3 is 14.6 Å². The van der Waals surface area contributed by atoms with Gasteiger partial charge in [-0.1, -0.05) is 0 Å². The monoisotopic (exact) mass is 441 g/mol. The van der Waals surface area contributed by atoms with Crippen molar-refractivity contribution in [3.63, 3.8) is 0 Å². The van der Waals surface area contributed by atoms with Gasteiger partial charge >= 0.3 is 0 Å². The number of nitrogens with zero attached hydrogens (tertiary/aromatic N) is 4. The van der Waals surface area contributed by atoms with Gasteiger partial charge in [-0.2, -0.15) is 0 Å². The number of rotatable bonds is 4. The maximum Gasteiger partial charge on any atom is 0.273 e. The SMILES string of the molecule is Cc1cnc(C(=O)N2CCCC(Nc3ccc(Br)cn3)C2)c(-c2ncco2)c1. The number of halogens is 1. The van der Waals surface area contributed by atoms with E-state index in [0.717, 1.165) is 28.7 Å². The van der Waals surface area contributed by atoms with Crippen LogP contribution in [0.2, 0.25) is 0 Å². The zero-order valence-electron chi connectivity index (χ0n) is 15.4. The summed E-state index contributed by atoms with van der Waals surface area (Å²) in [6, 6.07) is 5.90. The normalized spacial score (nSPS) is 16.8.